The predicted octanol–water partition coefficient (Wildman–Crippen LogP) is 4.84. The number of benzene rings is 1. The predicted molar refractivity (Wildman–Crippen MR) is 148 cm³/mol. The number of fused-ring (bicyclic) bond motifs is 1. The second kappa shape index (κ2) is 10.1. The number of rotatable bonds is 8. The minimum absolute atomic E-state index is 0.00176. The van der Waals surface area contributed by atoms with Gasteiger partial charge < -0.3 is 24.4 Å². The van der Waals surface area contributed by atoms with Crippen molar-refractivity contribution in [2.75, 3.05) is 31.1 Å². The molecule has 8 heteroatoms. The van der Waals surface area contributed by atoms with Crippen LogP contribution in [0, 0.1) is 0 Å². The molecule has 7 rings (SSSR count). The van der Waals surface area contributed by atoms with Gasteiger partial charge in [0.15, 0.2) is 0 Å². The Bertz CT molecular complexity index is 1250. The number of nitrogens with one attached hydrogen (secondary N) is 2. The molecule has 1 aromatic carbocycles. The molecule has 0 atom stereocenters. The summed E-state index contributed by atoms with van der Waals surface area (Å²) in [6.07, 6.45) is 12.1. The molecule has 3 aromatic rings. The Balaban J connectivity index is 0.944. The number of H-pyrrole nitrogens is 1. The number of aromatic nitrogens is 3. The van der Waals surface area contributed by atoms with Crippen LogP contribution in [-0.4, -0.2) is 71.4 Å². The summed E-state index contributed by atoms with van der Waals surface area (Å²) in [7, 11) is 0. The molecule has 2 saturated heterocycles. The number of hydrogen-bond donors (Lipinski definition) is 2. The smallest absolute Gasteiger partial charge is 0.129 e. The fraction of sp³-hybridized carbons (Fsp3) is 0.600. The van der Waals surface area contributed by atoms with E-state index in [1.54, 1.807) is 0 Å². The summed E-state index contributed by atoms with van der Waals surface area (Å²) < 4.78 is 18.9. The van der Waals surface area contributed by atoms with Crippen LogP contribution in [0.2, 0.25) is 0 Å². The normalized spacial score (nSPS) is 25.9. The van der Waals surface area contributed by atoms with E-state index in [1.165, 1.54) is 0 Å². The quantitative estimate of drug-likeness (QED) is 0.442. The monoisotopic (exact) mass is 517 g/mol. The van der Waals surface area contributed by atoms with Crippen LogP contribution in [0.3, 0.4) is 0 Å². The Kier molecular flexibility index (Phi) is 6.50. The Morgan fingerprint density at radius 2 is 1.63 bits per heavy atom. The average molecular weight is 518 g/mol. The molecule has 2 aliphatic heterocycles. The van der Waals surface area contributed by atoms with E-state index in [1.807, 2.05) is 18.3 Å². The van der Waals surface area contributed by atoms with E-state index < -0.39 is 0 Å². The summed E-state index contributed by atoms with van der Waals surface area (Å²) in [6.45, 7) is 6.26. The van der Waals surface area contributed by atoms with E-state index in [0.29, 0.717) is 24.4 Å². The van der Waals surface area contributed by atoms with E-state index in [4.69, 9.17) is 19.2 Å². The van der Waals surface area contributed by atoms with Gasteiger partial charge in [0.05, 0.1) is 29.9 Å². The van der Waals surface area contributed by atoms with Gasteiger partial charge in [-0.25, -0.2) is 4.98 Å². The third-order valence-electron chi connectivity index (χ3n) is 8.75. The van der Waals surface area contributed by atoms with Crippen LogP contribution < -0.4 is 15.0 Å². The summed E-state index contributed by atoms with van der Waals surface area (Å²) in [4.78, 5) is 7.09. The van der Waals surface area contributed by atoms with Crippen LogP contribution in [0.25, 0.3) is 22.2 Å². The zero-order valence-electron chi connectivity index (χ0n) is 22.3. The molecule has 8 nitrogen and oxygen atoms in total. The number of nitrogens with zero attached hydrogens (tertiary/aromatic N) is 3. The second-order valence-electron chi connectivity index (χ2n) is 11.9. The standard InChI is InChI=1S/C30H39N5O3/c1-30(9-10-30)38-23-2-3-27-26(19-23)29(34-33-27)20-4-13-32-28(16-20)35-14-7-22(8-15-35)37-25-17-24(18-25)36-21-5-11-31-12-6-21/h2-4,13,16,19,21-22,24-25,31H,5-12,14-15,17-18H2,1H3,(H,33,34). The average Bonchev–Trinajstić information content (AvgIpc) is 3.50. The van der Waals surface area contributed by atoms with E-state index in [-0.39, 0.29) is 5.60 Å². The van der Waals surface area contributed by atoms with Crippen LogP contribution in [0.4, 0.5) is 5.82 Å². The van der Waals surface area contributed by atoms with Gasteiger partial charge in [-0.15, -0.1) is 0 Å². The number of ether oxygens (including phenoxy) is 3. The van der Waals surface area contributed by atoms with E-state index in [0.717, 1.165) is 111 Å². The van der Waals surface area contributed by atoms with Gasteiger partial charge >= 0.3 is 0 Å². The molecule has 0 spiro atoms. The minimum atomic E-state index is -0.00176. The molecular formula is C30H39N5O3. The SMILES string of the molecule is CC1(Oc2ccc3[nH]nc(-c4ccnc(N5CCC(OC6CC(OC7CCNCC7)C6)CC5)c4)c3c2)CC1. The van der Waals surface area contributed by atoms with Crippen molar-refractivity contribution in [2.45, 2.75) is 88.3 Å². The highest BCUT2D eigenvalue weighted by Crippen LogP contribution is 2.41. The summed E-state index contributed by atoms with van der Waals surface area (Å²) in [6, 6.07) is 10.4. The van der Waals surface area contributed by atoms with Crippen molar-refractivity contribution in [3.63, 3.8) is 0 Å². The highest BCUT2D eigenvalue weighted by atomic mass is 16.5. The van der Waals surface area contributed by atoms with Crippen LogP contribution in [0.5, 0.6) is 5.75 Å². The zero-order valence-corrected chi connectivity index (χ0v) is 22.3. The fourth-order valence-electron chi connectivity index (χ4n) is 6.01. The first kappa shape index (κ1) is 24.4. The van der Waals surface area contributed by atoms with Gasteiger partial charge in [-0.3, -0.25) is 5.10 Å². The highest BCUT2D eigenvalue weighted by molar-refractivity contribution is 5.94. The number of pyridine rings is 1. The van der Waals surface area contributed by atoms with Crippen molar-refractivity contribution in [1.82, 2.24) is 20.5 Å². The molecule has 4 fully saturated rings. The Morgan fingerprint density at radius 1 is 0.895 bits per heavy atom. The first-order valence-corrected chi connectivity index (χ1v) is 14.5. The van der Waals surface area contributed by atoms with Crippen molar-refractivity contribution >= 4 is 16.7 Å². The maximum atomic E-state index is 6.45. The molecule has 2 N–H and O–H groups in total. The maximum Gasteiger partial charge on any atom is 0.129 e. The number of aromatic amines is 1. The van der Waals surface area contributed by atoms with Gasteiger partial charge in [0.25, 0.3) is 0 Å². The molecule has 0 amide bonds. The first-order valence-electron chi connectivity index (χ1n) is 14.5. The summed E-state index contributed by atoms with van der Waals surface area (Å²) >= 11 is 0. The van der Waals surface area contributed by atoms with Gasteiger partial charge in [-0.05, 0) is 102 Å². The Morgan fingerprint density at radius 3 is 2.37 bits per heavy atom. The van der Waals surface area contributed by atoms with Crippen LogP contribution >= 0.6 is 0 Å². The van der Waals surface area contributed by atoms with Crippen molar-refractivity contribution in [3.05, 3.63) is 36.5 Å². The number of piperidine rings is 2. The minimum Gasteiger partial charge on any atom is -0.488 e. The lowest BCUT2D eigenvalue weighted by Crippen LogP contribution is -2.45. The van der Waals surface area contributed by atoms with Crippen molar-refractivity contribution < 1.29 is 14.2 Å². The maximum absolute atomic E-state index is 6.45. The molecule has 2 saturated carbocycles. The molecule has 2 aromatic heterocycles. The largest absolute Gasteiger partial charge is 0.488 e. The Hall–Kier alpha value is -2.68. The molecule has 4 aliphatic rings. The van der Waals surface area contributed by atoms with Crippen LogP contribution in [0.1, 0.15) is 58.3 Å². The number of hydrogen-bond acceptors (Lipinski definition) is 7. The Labute approximate surface area is 224 Å². The number of anilines is 1. The topological polar surface area (TPSA) is 84.5 Å². The van der Waals surface area contributed by atoms with E-state index in [2.05, 4.69) is 45.5 Å². The van der Waals surface area contributed by atoms with Crippen LogP contribution in [-0.2, 0) is 9.47 Å². The summed E-state index contributed by atoms with van der Waals surface area (Å²) in [5.41, 5.74) is 3.03. The molecule has 38 heavy (non-hydrogen) atoms. The molecule has 0 bridgehead atoms. The molecule has 0 radical (unpaired) electrons. The van der Waals surface area contributed by atoms with Crippen molar-refractivity contribution in [3.8, 4) is 17.0 Å². The van der Waals surface area contributed by atoms with Gasteiger partial charge in [0.2, 0.25) is 0 Å². The van der Waals surface area contributed by atoms with Gasteiger partial charge in [-0.2, -0.15) is 5.10 Å². The van der Waals surface area contributed by atoms with Crippen molar-refractivity contribution in [1.29, 1.82) is 0 Å². The molecule has 2 aliphatic carbocycles. The van der Waals surface area contributed by atoms with E-state index >= 15 is 0 Å². The third kappa shape index (κ3) is 5.26. The second-order valence-corrected chi connectivity index (χ2v) is 11.9. The van der Waals surface area contributed by atoms with Gasteiger partial charge in [-0.1, -0.05) is 0 Å². The zero-order chi connectivity index (χ0) is 25.5. The lowest BCUT2D eigenvalue weighted by molar-refractivity contribution is -0.150. The fourth-order valence-corrected chi connectivity index (χ4v) is 6.01. The van der Waals surface area contributed by atoms with Gasteiger partial charge in [0, 0.05) is 30.2 Å². The lowest BCUT2D eigenvalue weighted by Gasteiger charge is -2.41. The summed E-state index contributed by atoms with van der Waals surface area (Å²) in [5.74, 6) is 1.92. The van der Waals surface area contributed by atoms with E-state index in [9.17, 15) is 0 Å². The molecule has 202 valence electrons. The molecule has 0 unspecified atom stereocenters. The first-order chi connectivity index (χ1) is 18.6. The molecule has 4 heterocycles. The van der Waals surface area contributed by atoms with Crippen molar-refractivity contribution in [2.24, 2.45) is 0 Å². The molecular weight excluding hydrogens is 478 g/mol. The summed E-state index contributed by atoms with van der Waals surface area (Å²) in [5, 5.41) is 12.3. The lowest BCUT2D eigenvalue weighted by atomic mass is 9.90. The highest BCUT2D eigenvalue weighted by Gasteiger charge is 2.40. The van der Waals surface area contributed by atoms with Crippen LogP contribution in [0.15, 0.2) is 36.5 Å². The van der Waals surface area contributed by atoms with Gasteiger partial charge in [0.1, 0.15) is 22.9 Å². The third-order valence-corrected chi connectivity index (χ3v) is 8.75.